The summed E-state index contributed by atoms with van der Waals surface area (Å²) in [5.74, 6) is 0. The molecule has 0 bridgehead atoms. The van der Waals surface area contributed by atoms with Crippen LogP contribution in [0.3, 0.4) is 0 Å². The zero-order chi connectivity index (χ0) is 9.52. The highest BCUT2D eigenvalue weighted by Gasteiger charge is 2.18. The van der Waals surface area contributed by atoms with Gasteiger partial charge in [-0.15, -0.1) is 0 Å². The van der Waals surface area contributed by atoms with Crippen LogP contribution in [-0.2, 0) is 4.79 Å². The highest BCUT2D eigenvalue weighted by molar-refractivity contribution is 8.00. The van der Waals surface area contributed by atoms with E-state index in [1.807, 2.05) is 11.5 Å². The van der Waals surface area contributed by atoms with E-state index in [0.717, 1.165) is 12.8 Å². The molecule has 0 aromatic carbocycles. The maximum atomic E-state index is 10.6. The number of nitrogens with zero attached hydrogens (tertiary/aromatic N) is 1. The molecule has 0 aromatic heterocycles. The van der Waals surface area contributed by atoms with E-state index in [1.54, 1.807) is 11.9 Å². The van der Waals surface area contributed by atoms with Crippen molar-refractivity contribution in [3.63, 3.8) is 0 Å². The van der Waals surface area contributed by atoms with Gasteiger partial charge in [-0.2, -0.15) is 0 Å². The van der Waals surface area contributed by atoms with Gasteiger partial charge in [0.05, 0.1) is 6.04 Å². The van der Waals surface area contributed by atoms with E-state index in [2.05, 4.69) is 11.2 Å². The van der Waals surface area contributed by atoms with Crippen molar-refractivity contribution < 1.29 is 4.79 Å². The average Bonchev–Trinajstić information content (AvgIpc) is 2.60. The third kappa shape index (κ3) is 3.53. The van der Waals surface area contributed by atoms with E-state index in [9.17, 15) is 4.79 Å². The monoisotopic (exact) mass is 199 g/mol. The molecule has 0 amide bonds. The van der Waals surface area contributed by atoms with Crippen LogP contribution in [0.4, 0.5) is 0 Å². The van der Waals surface area contributed by atoms with Gasteiger partial charge >= 0.3 is 0 Å². The molecule has 74 valence electrons. The minimum Gasteiger partial charge on any atom is -0.301 e. The molecule has 0 saturated heterocycles. The highest BCUT2D eigenvalue weighted by atomic mass is 32.2. The normalized spacial score (nSPS) is 22.4. The molecule has 0 saturated carbocycles. The van der Waals surface area contributed by atoms with Gasteiger partial charge in [0.25, 0.3) is 0 Å². The van der Waals surface area contributed by atoms with E-state index in [-0.39, 0.29) is 6.04 Å². The molecular formula is C10H17NOS. The fourth-order valence-corrected chi connectivity index (χ4v) is 2.25. The Bertz CT molecular complexity index is 182. The van der Waals surface area contributed by atoms with Gasteiger partial charge < -0.3 is 4.79 Å². The number of aldehydes is 1. The second-order valence-electron chi connectivity index (χ2n) is 3.26. The molecule has 3 heteroatoms. The molecule has 0 aromatic rings. The smallest absolute Gasteiger partial charge is 0.141 e. The lowest BCUT2D eigenvalue weighted by atomic mass is 10.2. The number of carbonyl (C=O) groups is 1. The van der Waals surface area contributed by atoms with E-state index in [4.69, 9.17) is 0 Å². The van der Waals surface area contributed by atoms with Gasteiger partial charge in [-0.3, -0.25) is 0 Å². The molecule has 1 aliphatic rings. The zero-order valence-corrected chi connectivity index (χ0v) is 8.93. The summed E-state index contributed by atoms with van der Waals surface area (Å²) in [6.07, 6.45) is 8.01. The predicted octanol–water partition coefficient (Wildman–Crippen LogP) is 2.61. The van der Waals surface area contributed by atoms with E-state index in [0.29, 0.717) is 0 Å². The van der Waals surface area contributed by atoms with Gasteiger partial charge in [-0.25, -0.2) is 4.31 Å². The molecule has 0 aliphatic carbocycles. The molecule has 0 fully saturated rings. The minimum atomic E-state index is 0.0200. The van der Waals surface area contributed by atoms with Gasteiger partial charge in [0.2, 0.25) is 0 Å². The molecule has 1 unspecified atom stereocenters. The Morgan fingerprint density at radius 2 is 2.31 bits per heavy atom. The molecule has 13 heavy (non-hydrogen) atoms. The van der Waals surface area contributed by atoms with Crippen molar-refractivity contribution >= 4 is 18.2 Å². The van der Waals surface area contributed by atoms with Gasteiger partial charge in [0.15, 0.2) is 0 Å². The summed E-state index contributed by atoms with van der Waals surface area (Å²) in [5.41, 5.74) is 0. The van der Waals surface area contributed by atoms with E-state index < -0.39 is 0 Å². The lowest BCUT2D eigenvalue weighted by Crippen LogP contribution is -2.26. The molecule has 0 N–H and O–H groups in total. The Kier molecular flexibility index (Phi) is 5.16. The number of unbranched alkanes of at least 4 members (excludes halogenated alkanes) is 3. The van der Waals surface area contributed by atoms with Crippen LogP contribution < -0.4 is 0 Å². The number of carbonyl (C=O) groups excluding carboxylic acids is 1. The highest BCUT2D eigenvalue weighted by Crippen LogP contribution is 2.23. The Morgan fingerprint density at radius 3 is 3.00 bits per heavy atom. The summed E-state index contributed by atoms with van der Waals surface area (Å²) < 4.78 is 2.14. The number of rotatable bonds is 6. The molecule has 1 atom stereocenters. The van der Waals surface area contributed by atoms with Crippen molar-refractivity contribution in [3.8, 4) is 0 Å². The standard InChI is InChI=1S/C10H17NOS/c1-2-3-4-5-7-11-10(9-12)6-8-13-11/h6,8-10H,2-5,7H2,1H3. The third-order valence-corrected chi connectivity index (χ3v) is 3.15. The van der Waals surface area contributed by atoms with Crippen molar-refractivity contribution in [2.75, 3.05) is 6.54 Å². The fraction of sp³-hybridized carbons (Fsp3) is 0.700. The molecule has 1 heterocycles. The second kappa shape index (κ2) is 6.22. The molecule has 1 aliphatic heterocycles. The first-order valence-corrected chi connectivity index (χ1v) is 5.77. The predicted molar refractivity (Wildman–Crippen MR) is 57.4 cm³/mol. The lowest BCUT2D eigenvalue weighted by Gasteiger charge is -2.17. The van der Waals surface area contributed by atoms with Gasteiger partial charge in [-0.05, 0) is 23.8 Å². The molecule has 0 radical (unpaired) electrons. The molecule has 1 rings (SSSR count). The summed E-state index contributed by atoms with van der Waals surface area (Å²) >= 11 is 1.65. The maximum Gasteiger partial charge on any atom is 0.141 e. The Hall–Kier alpha value is -0.280. The first-order chi connectivity index (χ1) is 6.38. The quantitative estimate of drug-likeness (QED) is 0.372. The fourth-order valence-electron chi connectivity index (χ4n) is 1.37. The van der Waals surface area contributed by atoms with Crippen LogP contribution in [0.5, 0.6) is 0 Å². The summed E-state index contributed by atoms with van der Waals surface area (Å²) in [6.45, 7) is 3.24. The molecular weight excluding hydrogens is 182 g/mol. The first-order valence-electron chi connectivity index (χ1n) is 4.94. The maximum absolute atomic E-state index is 10.6. The van der Waals surface area contributed by atoms with Gasteiger partial charge in [0.1, 0.15) is 6.29 Å². The van der Waals surface area contributed by atoms with Gasteiger partial charge in [-0.1, -0.05) is 32.3 Å². The Morgan fingerprint density at radius 1 is 1.46 bits per heavy atom. The van der Waals surface area contributed by atoms with Crippen LogP contribution in [0.2, 0.25) is 0 Å². The minimum absolute atomic E-state index is 0.0200. The van der Waals surface area contributed by atoms with E-state index in [1.165, 1.54) is 25.7 Å². The van der Waals surface area contributed by atoms with Crippen LogP contribution >= 0.6 is 11.9 Å². The second-order valence-corrected chi connectivity index (χ2v) is 4.21. The Labute approximate surface area is 84.5 Å². The van der Waals surface area contributed by atoms with Crippen LogP contribution in [-0.4, -0.2) is 23.2 Å². The van der Waals surface area contributed by atoms with Crippen LogP contribution in [0.1, 0.15) is 32.6 Å². The van der Waals surface area contributed by atoms with Crippen LogP contribution in [0.25, 0.3) is 0 Å². The van der Waals surface area contributed by atoms with E-state index >= 15 is 0 Å². The molecule has 0 spiro atoms. The van der Waals surface area contributed by atoms with Crippen molar-refractivity contribution in [3.05, 3.63) is 11.5 Å². The largest absolute Gasteiger partial charge is 0.301 e. The zero-order valence-electron chi connectivity index (χ0n) is 8.11. The van der Waals surface area contributed by atoms with Crippen LogP contribution in [0, 0.1) is 0 Å². The summed E-state index contributed by atoms with van der Waals surface area (Å²) in [4.78, 5) is 10.6. The summed E-state index contributed by atoms with van der Waals surface area (Å²) in [7, 11) is 0. The third-order valence-electron chi connectivity index (χ3n) is 2.18. The van der Waals surface area contributed by atoms with Gasteiger partial charge in [0, 0.05) is 6.54 Å². The van der Waals surface area contributed by atoms with Crippen molar-refractivity contribution in [1.82, 2.24) is 4.31 Å². The topological polar surface area (TPSA) is 20.3 Å². The SMILES string of the molecule is CCCCCCN1SC=CC1C=O. The first kappa shape index (κ1) is 10.8. The van der Waals surface area contributed by atoms with Crippen molar-refractivity contribution in [2.45, 2.75) is 38.6 Å². The van der Waals surface area contributed by atoms with Crippen LogP contribution in [0.15, 0.2) is 11.5 Å². The van der Waals surface area contributed by atoms with Crippen molar-refractivity contribution in [2.24, 2.45) is 0 Å². The summed E-state index contributed by atoms with van der Waals surface area (Å²) in [5, 5.41) is 2.00. The number of hydrogen-bond donors (Lipinski definition) is 0. The number of hydrogen-bond acceptors (Lipinski definition) is 3. The van der Waals surface area contributed by atoms with Crippen molar-refractivity contribution in [1.29, 1.82) is 0 Å². The lowest BCUT2D eigenvalue weighted by molar-refractivity contribution is -0.109. The summed E-state index contributed by atoms with van der Waals surface area (Å²) in [6, 6.07) is 0.0200. The molecule has 2 nitrogen and oxygen atoms in total. The average molecular weight is 199 g/mol. The Balaban J connectivity index is 2.11.